The van der Waals surface area contributed by atoms with E-state index in [1.54, 1.807) is 0 Å². The zero-order valence-electron chi connectivity index (χ0n) is 15.8. The van der Waals surface area contributed by atoms with E-state index in [1.807, 2.05) is 0 Å². The SMILES string of the molecule is CCCCN1CCc2cnc(N3CCN(C4CCC4)CC3)nc2CC1. The number of nitrogens with zero attached hydrogens (tertiary/aromatic N) is 5. The molecule has 0 N–H and O–H groups in total. The van der Waals surface area contributed by atoms with Crippen LogP contribution in [-0.4, -0.2) is 71.6 Å². The van der Waals surface area contributed by atoms with Crippen molar-refractivity contribution in [1.29, 1.82) is 0 Å². The molecular weight excluding hydrogens is 310 g/mol. The first-order chi connectivity index (χ1) is 12.3. The highest BCUT2D eigenvalue weighted by Crippen LogP contribution is 2.26. The number of anilines is 1. The molecule has 4 rings (SSSR count). The quantitative estimate of drug-likeness (QED) is 0.820. The van der Waals surface area contributed by atoms with E-state index >= 15 is 0 Å². The third-order valence-electron chi connectivity index (χ3n) is 6.32. The van der Waals surface area contributed by atoms with Gasteiger partial charge in [-0.2, -0.15) is 0 Å². The van der Waals surface area contributed by atoms with E-state index in [2.05, 4.69) is 27.8 Å². The maximum atomic E-state index is 4.99. The van der Waals surface area contributed by atoms with E-state index in [1.165, 1.54) is 63.0 Å². The fourth-order valence-corrected chi connectivity index (χ4v) is 4.31. The molecule has 0 aromatic carbocycles. The summed E-state index contributed by atoms with van der Waals surface area (Å²) < 4.78 is 0. The van der Waals surface area contributed by atoms with Gasteiger partial charge in [-0.25, -0.2) is 9.97 Å². The standard InChI is InChI=1S/C20H33N5/c1-2-3-9-23-10-7-17-16-21-20(22-19(17)8-11-23)25-14-12-24(13-15-25)18-5-4-6-18/h16,18H,2-15H2,1H3. The second-order valence-corrected chi connectivity index (χ2v) is 7.94. The average Bonchev–Trinajstić information content (AvgIpc) is 2.81. The monoisotopic (exact) mass is 343 g/mol. The van der Waals surface area contributed by atoms with Crippen molar-refractivity contribution in [2.24, 2.45) is 0 Å². The first-order valence-electron chi connectivity index (χ1n) is 10.4. The summed E-state index contributed by atoms with van der Waals surface area (Å²) in [5.41, 5.74) is 2.67. The molecule has 0 atom stereocenters. The molecule has 138 valence electrons. The maximum absolute atomic E-state index is 4.99. The van der Waals surface area contributed by atoms with Gasteiger partial charge >= 0.3 is 0 Å². The fraction of sp³-hybridized carbons (Fsp3) is 0.800. The van der Waals surface area contributed by atoms with Gasteiger partial charge < -0.3 is 9.80 Å². The molecule has 0 radical (unpaired) electrons. The molecule has 1 saturated heterocycles. The highest BCUT2D eigenvalue weighted by atomic mass is 15.3. The summed E-state index contributed by atoms with van der Waals surface area (Å²) in [6.45, 7) is 10.3. The summed E-state index contributed by atoms with van der Waals surface area (Å²) in [6, 6.07) is 0.865. The van der Waals surface area contributed by atoms with Crippen LogP contribution in [0.25, 0.3) is 0 Å². The van der Waals surface area contributed by atoms with Crippen molar-refractivity contribution in [3.05, 3.63) is 17.5 Å². The smallest absolute Gasteiger partial charge is 0.225 e. The van der Waals surface area contributed by atoms with Crippen LogP contribution in [-0.2, 0) is 12.8 Å². The molecule has 0 amide bonds. The van der Waals surface area contributed by atoms with Gasteiger partial charge in [0.1, 0.15) is 0 Å². The van der Waals surface area contributed by atoms with Crippen molar-refractivity contribution in [3.8, 4) is 0 Å². The van der Waals surface area contributed by atoms with Gasteiger partial charge in [-0.3, -0.25) is 4.90 Å². The van der Waals surface area contributed by atoms with E-state index in [0.29, 0.717) is 0 Å². The van der Waals surface area contributed by atoms with Gasteiger partial charge in [0.25, 0.3) is 0 Å². The lowest BCUT2D eigenvalue weighted by Crippen LogP contribution is -2.52. The van der Waals surface area contributed by atoms with Gasteiger partial charge in [0.15, 0.2) is 0 Å². The van der Waals surface area contributed by atoms with Crippen LogP contribution in [0.2, 0.25) is 0 Å². The molecular formula is C20H33N5. The number of hydrogen-bond acceptors (Lipinski definition) is 5. The highest BCUT2D eigenvalue weighted by Gasteiger charge is 2.28. The van der Waals surface area contributed by atoms with Crippen LogP contribution in [0.3, 0.4) is 0 Å². The Morgan fingerprint density at radius 3 is 2.56 bits per heavy atom. The molecule has 1 aromatic heterocycles. The van der Waals surface area contributed by atoms with Crippen molar-refractivity contribution in [1.82, 2.24) is 19.8 Å². The molecule has 1 aliphatic carbocycles. The van der Waals surface area contributed by atoms with Crippen LogP contribution in [0.1, 0.15) is 50.3 Å². The van der Waals surface area contributed by atoms with Gasteiger partial charge in [-0.05, 0) is 37.8 Å². The average molecular weight is 344 g/mol. The molecule has 1 aromatic rings. The van der Waals surface area contributed by atoms with E-state index in [4.69, 9.17) is 9.97 Å². The number of unbranched alkanes of at least 4 members (excludes halogenated alkanes) is 1. The molecule has 0 unspecified atom stereocenters. The van der Waals surface area contributed by atoms with E-state index in [-0.39, 0.29) is 0 Å². The molecule has 25 heavy (non-hydrogen) atoms. The van der Waals surface area contributed by atoms with Crippen LogP contribution < -0.4 is 4.90 Å². The molecule has 1 saturated carbocycles. The summed E-state index contributed by atoms with van der Waals surface area (Å²) in [4.78, 5) is 17.4. The van der Waals surface area contributed by atoms with Gasteiger partial charge in [-0.15, -0.1) is 0 Å². The Hall–Kier alpha value is -1.20. The molecule has 5 heteroatoms. The minimum atomic E-state index is 0.865. The lowest BCUT2D eigenvalue weighted by molar-refractivity contribution is 0.120. The molecule has 3 heterocycles. The Kier molecular flexibility index (Phi) is 5.51. The molecule has 2 aliphatic heterocycles. The third-order valence-corrected chi connectivity index (χ3v) is 6.32. The van der Waals surface area contributed by atoms with Gasteiger partial charge in [0, 0.05) is 57.9 Å². The Balaban J connectivity index is 1.36. The van der Waals surface area contributed by atoms with Crippen molar-refractivity contribution in [2.75, 3.05) is 50.7 Å². The maximum Gasteiger partial charge on any atom is 0.225 e. The second-order valence-electron chi connectivity index (χ2n) is 7.94. The zero-order valence-corrected chi connectivity index (χ0v) is 15.8. The number of rotatable bonds is 5. The Morgan fingerprint density at radius 2 is 1.84 bits per heavy atom. The van der Waals surface area contributed by atoms with Crippen molar-refractivity contribution < 1.29 is 0 Å². The van der Waals surface area contributed by atoms with Crippen LogP contribution in [0.15, 0.2) is 6.20 Å². The van der Waals surface area contributed by atoms with Crippen LogP contribution in [0.4, 0.5) is 5.95 Å². The minimum Gasteiger partial charge on any atom is -0.338 e. The molecule has 0 spiro atoms. The van der Waals surface area contributed by atoms with E-state index < -0.39 is 0 Å². The van der Waals surface area contributed by atoms with Crippen molar-refractivity contribution in [2.45, 2.75) is 57.9 Å². The summed E-state index contributed by atoms with van der Waals surface area (Å²) in [7, 11) is 0. The summed E-state index contributed by atoms with van der Waals surface area (Å²) in [6.07, 6.45) is 11.1. The van der Waals surface area contributed by atoms with Crippen LogP contribution in [0.5, 0.6) is 0 Å². The zero-order chi connectivity index (χ0) is 17.1. The number of hydrogen-bond donors (Lipinski definition) is 0. The number of fused-ring (bicyclic) bond motifs is 1. The summed E-state index contributed by atoms with van der Waals surface area (Å²) >= 11 is 0. The Labute approximate surface area is 152 Å². The van der Waals surface area contributed by atoms with E-state index in [0.717, 1.165) is 51.0 Å². The van der Waals surface area contributed by atoms with Crippen molar-refractivity contribution >= 4 is 5.95 Å². The fourth-order valence-electron chi connectivity index (χ4n) is 4.31. The molecule has 2 fully saturated rings. The first kappa shape index (κ1) is 17.2. The Morgan fingerprint density at radius 1 is 1.04 bits per heavy atom. The third kappa shape index (κ3) is 3.98. The topological polar surface area (TPSA) is 35.5 Å². The highest BCUT2D eigenvalue weighted by molar-refractivity contribution is 5.34. The first-order valence-corrected chi connectivity index (χ1v) is 10.4. The largest absolute Gasteiger partial charge is 0.338 e. The van der Waals surface area contributed by atoms with Gasteiger partial charge in [0.05, 0.1) is 5.69 Å². The minimum absolute atomic E-state index is 0.865. The Bertz CT molecular complexity index is 563. The molecule has 3 aliphatic rings. The second kappa shape index (κ2) is 8.00. The normalized spacial score (nSPS) is 23.2. The summed E-state index contributed by atoms with van der Waals surface area (Å²) in [5, 5.41) is 0. The van der Waals surface area contributed by atoms with Gasteiger partial charge in [0.2, 0.25) is 5.95 Å². The van der Waals surface area contributed by atoms with Crippen LogP contribution >= 0.6 is 0 Å². The molecule has 5 nitrogen and oxygen atoms in total. The number of piperazine rings is 1. The predicted molar refractivity (Wildman–Crippen MR) is 102 cm³/mol. The molecule has 0 bridgehead atoms. The number of aromatic nitrogens is 2. The van der Waals surface area contributed by atoms with E-state index in [9.17, 15) is 0 Å². The lowest BCUT2D eigenvalue weighted by Gasteiger charge is -2.43. The van der Waals surface area contributed by atoms with Crippen molar-refractivity contribution in [3.63, 3.8) is 0 Å². The van der Waals surface area contributed by atoms with Gasteiger partial charge in [-0.1, -0.05) is 19.8 Å². The van der Waals surface area contributed by atoms with Crippen LogP contribution in [0, 0.1) is 0 Å². The predicted octanol–water partition coefficient (Wildman–Crippen LogP) is 2.35. The lowest BCUT2D eigenvalue weighted by atomic mass is 9.91. The summed E-state index contributed by atoms with van der Waals surface area (Å²) in [5.74, 6) is 0.967.